The van der Waals surface area contributed by atoms with Crippen LogP contribution in [0.5, 0.6) is 0 Å². The Morgan fingerprint density at radius 2 is 1.50 bits per heavy atom. The molecule has 2 aliphatic rings. The molecule has 44 heavy (non-hydrogen) atoms. The van der Waals surface area contributed by atoms with Crippen molar-refractivity contribution >= 4 is 17.6 Å². The van der Waals surface area contributed by atoms with Crippen LogP contribution in [0.15, 0.2) is 0 Å². The van der Waals surface area contributed by atoms with Crippen molar-refractivity contribution in [2.24, 2.45) is 11.7 Å². The average Bonchev–Trinajstić information content (AvgIpc) is 3.00. The molecule has 2 amide bonds. The van der Waals surface area contributed by atoms with Crippen LogP contribution in [0, 0.1) is 5.92 Å². The summed E-state index contributed by atoms with van der Waals surface area (Å²) in [6, 6.07) is -1.79. The molecule has 2 rings (SSSR count). The predicted molar refractivity (Wildman–Crippen MR) is 152 cm³/mol. The first-order valence-corrected chi connectivity index (χ1v) is 15.2. The van der Waals surface area contributed by atoms with Crippen LogP contribution < -0.4 is 16.4 Å². The van der Waals surface area contributed by atoms with Crippen LogP contribution in [0.25, 0.3) is 0 Å². The molecule has 11 N–H and O–H groups in total. The second-order valence-electron chi connectivity index (χ2n) is 11.7. The van der Waals surface area contributed by atoms with Gasteiger partial charge in [-0.2, -0.15) is 0 Å². The number of Topliss-reactive ketones (excluding diaryl/α,β-unsaturated/α-hetero) is 1. The number of ether oxygens (including phenoxy) is 3. The third kappa shape index (κ3) is 10.3. The minimum atomic E-state index is -1.81. The minimum absolute atomic E-state index is 0.0746. The first-order chi connectivity index (χ1) is 20.8. The number of carbonyl (C=O) groups excluding carboxylic acids is 3. The van der Waals surface area contributed by atoms with Crippen LogP contribution in [0.1, 0.15) is 65.7 Å². The topological polar surface area (TPSA) is 271 Å². The smallest absolute Gasteiger partial charge is 0.237 e. The maximum atomic E-state index is 12.8. The standard InChI is InChI=1S/C28H51N3O13/c1-4-5-6-7-8-14(29)26(41)30-15(19(35)13(2)3)9-10-18(34)31-27-23(39)22(38)25(17(12-33)42-27)44-28-24(40)21(37)20(36)16(11-32)43-28/h13-17,20-25,27-28,32-33,36-40H,4-12,29H2,1-3H3,(H,30,41)(H,31,34)/t14?,15?,16?,17?,20-,21-,22+,23?,24?,25-,27+,28-/m0/s1. The van der Waals surface area contributed by atoms with E-state index in [1.807, 2.05) is 0 Å². The van der Waals surface area contributed by atoms with E-state index in [9.17, 15) is 50.1 Å². The lowest BCUT2D eigenvalue weighted by atomic mass is 9.96. The number of nitrogens with two attached hydrogens (primary N) is 1. The van der Waals surface area contributed by atoms with Gasteiger partial charge in [0, 0.05) is 12.3 Å². The van der Waals surface area contributed by atoms with E-state index >= 15 is 0 Å². The van der Waals surface area contributed by atoms with Crippen molar-refractivity contribution < 1.29 is 64.3 Å². The fourth-order valence-corrected chi connectivity index (χ4v) is 5.10. The van der Waals surface area contributed by atoms with Gasteiger partial charge in [0.2, 0.25) is 11.8 Å². The Morgan fingerprint density at radius 1 is 0.841 bits per heavy atom. The van der Waals surface area contributed by atoms with Gasteiger partial charge < -0.3 is 66.3 Å². The molecular formula is C28H51N3O13. The van der Waals surface area contributed by atoms with Gasteiger partial charge in [-0.25, -0.2) is 0 Å². The molecule has 0 aromatic carbocycles. The van der Waals surface area contributed by atoms with Crippen molar-refractivity contribution in [1.82, 2.24) is 10.6 Å². The number of unbranched alkanes of at least 4 members (excludes halogenated alkanes) is 3. The van der Waals surface area contributed by atoms with E-state index in [1.165, 1.54) is 0 Å². The van der Waals surface area contributed by atoms with Gasteiger partial charge in [-0.15, -0.1) is 0 Å². The summed E-state index contributed by atoms with van der Waals surface area (Å²) in [6.07, 6.45) is -12.3. The Kier molecular flexibility index (Phi) is 16.0. The molecule has 0 aromatic rings. The molecular weight excluding hydrogens is 586 g/mol. The third-order valence-electron chi connectivity index (χ3n) is 7.90. The first-order valence-electron chi connectivity index (χ1n) is 15.2. The lowest BCUT2D eigenvalue weighted by Crippen LogP contribution is -2.66. The zero-order valence-corrected chi connectivity index (χ0v) is 25.5. The van der Waals surface area contributed by atoms with Crippen LogP contribution in [0.3, 0.4) is 0 Å². The number of aliphatic hydroxyl groups is 7. The molecule has 0 bridgehead atoms. The number of ketones is 1. The van der Waals surface area contributed by atoms with Gasteiger partial charge in [-0.05, 0) is 12.8 Å². The van der Waals surface area contributed by atoms with E-state index < -0.39 is 104 Å². The summed E-state index contributed by atoms with van der Waals surface area (Å²) in [5, 5.41) is 75.9. The lowest BCUT2D eigenvalue weighted by molar-refractivity contribution is -0.343. The van der Waals surface area contributed by atoms with Crippen molar-refractivity contribution in [3.05, 3.63) is 0 Å². The zero-order chi connectivity index (χ0) is 33.1. The molecule has 16 nitrogen and oxygen atoms in total. The summed E-state index contributed by atoms with van der Waals surface area (Å²) in [5.74, 6) is -1.91. The number of amides is 2. The molecule has 0 radical (unpaired) electrons. The van der Waals surface area contributed by atoms with E-state index in [1.54, 1.807) is 13.8 Å². The van der Waals surface area contributed by atoms with Crippen molar-refractivity contribution in [3.8, 4) is 0 Å². The highest BCUT2D eigenvalue weighted by molar-refractivity contribution is 5.92. The van der Waals surface area contributed by atoms with Gasteiger partial charge >= 0.3 is 0 Å². The maximum absolute atomic E-state index is 12.8. The van der Waals surface area contributed by atoms with Gasteiger partial charge in [0.25, 0.3) is 0 Å². The van der Waals surface area contributed by atoms with Crippen molar-refractivity contribution in [1.29, 1.82) is 0 Å². The fourth-order valence-electron chi connectivity index (χ4n) is 5.10. The van der Waals surface area contributed by atoms with Crippen LogP contribution in [-0.2, 0) is 28.6 Å². The van der Waals surface area contributed by atoms with Gasteiger partial charge in [0.15, 0.2) is 18.3 Å². The summed E-state index contributed by atoms with van der Waals surface area (Å²) in [4.78, 5) is 38.2. The molecule has 2 heterocycles. The minimum Gasteiger partial charge on any atom is -0.394 e. The SMILES string of the molecule is CCCCCCC(N)C(=O)NC(CCC(=O)N[C@@H]1OC(CO)[C@H](O[C@@H]2OC(CO)[C@H](O)[C@H](O)C2O)[C@H](O)C1O)C(=O)C(C)C. The van der Waals surface area contributed by atoms with Gasteiger partial charge in [-0.1, -0.05) is 46.5 Å². The predicted octanol–water partition coefficient (Wildman–Crippen LogP) is -3.49. The molecule has 0 saturated carbocycles. The number of nitrogens with one attached hydrogen (secondary N) is 2. The van der Waals surface area contributed by atoms with Gasteiger partial charge in [0.05, 0.1) is 25.3 Å². The zero-order valence-electron chi connectivity index (χ0n) is 25.5. The highest BCUT2D eigenvalue weighted by Crippen LogP contribution is 2.28. The van der Waals surface area contributed by atoms with Crippen molar-refractivity contribution in [2.45, 2.75) is 139 Å². The van der Waals surface area contributed by atoms with E-state index in [0.29, 0.717) is 6.42 Å². The Bertz CT molecular complexity index is 908. The molecule has 0 aromatic heterocycles. The lowest BCUT2D eigenvalue weighted by Gasteiger charge is -2.46. The molecule has 2 aliphatic heterocycles. The van der Waals surface area contributed by atoms with E-state index in [0.717, 1.165) is 25.7 Å². The maximum Gasteiger partial charge on any atom is 0.237 e. The van der Waals surface area contributed by atoms with E-state index in [-0.39, 0.29) is 18.6 Å². The van der Waals surface area contributed by atoms with Crippen molar-refractivity contribution in [2.75, 3.05) is 13.2 Å². The third-order valence-corrected chi connectivity index (χ3v) is 7.90. The highest BCUT2D eigenvalue weighted by atomic mass is 16.7. The van der Waals surface area contributed by atoms with Crippen LogP contribution in [-0.4, -0.2) is 140 Å². The highest BCUT2D eigenvalue weighted by Gasteiger charge is 2.50. The molecule has 6 unspecified atom stereocenters. The summed E-state index contributed by atoms with van der Waals surface area (Å²) in [7, 11) is 0. The number of hydrogen-bond donors (Lipinski definition) is 10. The molecule has 16 heteroatoms. The largest absolute Gasteiger partial charge is 0.394 e. The summed E-state index contributed by atoms with van der Waals surface area (Å²) in [5.41, 5.74) is 6.01. The van der Waals surface area contributed by atoms with E-state index in [2.05, 4.69) is 17.6 Å². The quantitative estimate of drug-likeness (QED) is 0.0694. The van der Waals surface area contributed by atoms with Crippen molar-refractivity contribution in [3.63, 3.8) is 0 Å². The molecule has 0 aliphatic carbocycles. The summed E-state index contributed by atoms with van der Waals surface area (Å²) >= 11 is 0. The second-order valence-corrected chi connectivity index (χ2v) is 11.7. The van der Waals surface area contributed by atoms with Crippen LogP contribution in [0.2, 0.25) is 0 Å². The second kappa shape index (κ2) is 18.3. The van der Waals surface area contributed by atoms with Crippen LogP contribution >= 0.6 is 0 Å². The number of rotatable bonds is 17. The van der Waals surface area contributed by atoms with Gasteiger partial charge in [0.1, 0.15) is 48.8 Å². The summed E-state index contributed by atoms with van der Waals surface area (Å²) in [6.45, 7) is 3.90. The number of hydrogen-bond acceptors (Lipinski definition) is 14. The summed E-state index contributed by atoms with van der Waals surface area (Å²) < 4.78 is 16.3. The Morgan fingerprint density at radius 3 is 2.09 bits per heavy atom. The Balaban J connectivity index is 1.99. The van der Waals surface area contributed by atoms with Gasteiger partial charge in [-0.3, -0.25) is 14.4 Å². The Hall–Kier alpha value is -1.83. The van der Waals surface area contributed by atoms with Crippen LogP contribution in [0.4, 0.5) is 0 Å². The van der Waals surface area contributed by atoms with E-state index in [4.69, 9.17) is 19.9 Å². The number of aliphatic hydroxyl groups excluding tert-OH is 7. The monoisotopic (exact) mass is 637 g/mol. The molecule has 0 spiro atoms. The average molecular weight is 638 g/mol. The molecule has 256 valence electrons. The molecule has 12 atom stereocenters. The molecule has 2 fully saturated rings. The first kappa shape index (κ1) is 38.4. The fraction of sp³-hybridized carbons (Fsp3) is 0.893. The molecule has 2 saturated heterocycles. The Labute approximate surface area is 256 Å². The number of carbonyl (C=O) groups is 3. The normalized spacial score (nSPS) is 33.9.